The lowest BCUT2D eigenvalue weighted by Crippen LogP contribution is -1.97. The lowest BCUT2D eigenvalue weighted by molar-refractivity contribution is 0.297. The number of benzene rings is 3. The highest BCUT2D eigenvalue weighted by Gasteiger charge is 1.99. The fourth-order valence-electron chi connectivity index (χ4n) is 2.17. The van der Waals surface area contributed by atoms with Crippen molar-refractivity contribution in [3.05, 3.63) is 95.0 Å². The van der Waals surface area contributed by atoms with Crippen LogP contribution in [-0.2, 0) is 13.2 Å². The van der Waals surface area contributed by atoms with Crippen molar-refractivity contribution in [3.63, 3.8) is 0 Å². The molecule has 116 valence electrons. The summed E-state index contributed by atoms with van der Waals surface area (Å²) in [5.41, 5.74) is 2.19. The Kier molecular flexibility index (Phi) is 5.17. The standard InChI is InChI=1S/C20H17ClO2/c21-18-8-4-7-17(13-18)15-23-20-11-9-19(10-12-20)22-14-16-5-2-1-3-6-16/h1-13H,14-15H2. The molecule has 0 fully saturated rings. The Morgan fingerprint density at radius 2 is 1.17 bits per heavy atom. The molecule has 0 N–H and O–H groups in total. The first-order chi connectivity index (χ1) is 11.3. The molecular weight excluding hydrogens is 308 g/mol. The Bertz CT molecular complexity index is 739. The molecule has 3 aromatic rings. The van der Waals surface area contributed by atoms with E-state index in [2.05, 4.69) is 0 Å². The van der Waals surface area contributed by atoms with Crippen LogP contribution in [0.25, 0.3) is 0 Å². The van der Waals surface area contributed by atoms with Crippen LogP contribution in [0.2, 0.25) is 5.02 Å². The van der Waals surface area contributed by atoms with E-state index in [4.69, 9.17) is 21.1 Å². The summed E-state index contributed by atoms with van der Waals surface area (Å²) in [7, 11) is 0. The second kappa shape index (κ2) is 7.70. The van der Waals surface area contributed by atoms with Crippen LogP contribution in [0, 0.1) is 0 Å². The fourth-order valence-corrected chi connectivity index (χ4v) is 2.38. The van der Waals surface area contributed by atoms with E-state index in [1.54, 1.807) is 0 Å². The summed E-state index contributed by atoms with van der Waals surface area (Å²) in [6, 6.07) is 25.4. The summed E-state index contributed by atoms with van der Waals surface area (Å²) >= 11 is 5.96. The van der Waals surface area contributed by atoms with Crippen molar-refractivity contribution in [2.24, 2.45) is 0 Å². The topological polar surface area (TPSA) is 18.5 Å². The Hall–Kier alpha value is -2.45. The Morgan fingerprint density at radius 1 is 0.609 bits per heavy atom. The van der Waals surface area contributed by atoms with Gasteiger partial charge in [0.15, 0.2) is 0 Å². The molecule has 0 spiro atoms. The van der Waals surface area contributed by atoms with Crippen LogP contribution in [-0.4, -0.2) is 0 Å². The molecule has 2 nitrogen and oxygen atoms in total. The van der Waals surface area contributed by atoms with Gasteiger partial charge < -0.3 is 9.47 Å². The van der Waals surface area contributed by atoms with Crippen molar-refractivity contribution in [3.8, 4) is 11.5 Å². The van der Waals surface area contributed by atoms with Gasteiger partial charge in [-0.05, 0) is 47.5 Å². The molecule has 0 aromatic heterocycles. The van der Waals surface area contributed by atoms with E-state index in [0.717, 1.165) is 27.6 Å². The normalized spacial score (nSPS) is 10.3. The third-order valence-electron chi connectivity index (χ3n) is 3.37. The average Bonchev–Trinajstić information content (AvgIpc) is 2.60. The highest BCUT2D eigenvalue weighted by Crippen LogP contribution is 2.20. The highest BCUT2D eigenvalue weighted by atomic mass is 35.5. The fraction of sp³-hybridized carbons (Fsp3) is 0.100. The van der Waals surface area contributed by atoms with E-state index in [1.165, 1.54) is 0 Å². The van der Waals surface area contributed by atoms with Gasteiger partial charge in [-0.1, -0.05) is 54.1 Å². The van der Waals surface area contributed by atoms with Crippen LogP contribution in [0.5, 0.6) is 11.5 Å². The number of hydrogen-bond donors (Lipinski definition) is 0. The minimum Gasteiger partial charge on any atom is -0.489 e. The zero-order valence-electron chi connectivity index (χ0n) is 12.6. The van der Waals surface area contributed by atoms with Gasteiger partial charge >= 0.3 is 0 Å². The molecule has 0 bridgehead atoms. The molecule has 0 amide bonds. The first kappa shape index (κ1) is 15.4. The lowest BCUT2D eigenvalue weighted by atomic mass is 10.2. The summed E-state index contributed by atoms with van der Waals surface area (Å²) in [6.45, 7) is 1.05. The molecule has 23 heavy (non-hydrogen) atoms. The third kappa shape index (κ3) is 4.76. The van der Waals surface area contributed by atoms with Crippen LogP contribution in [0.4, 0.5) is 0 Å². The van der Waals surface area contributed by atoms with E-state index in [9.17, 15) is 0 Å². The molecule has 0 heterocycles. The van der Waals surface area contributed by atoms with Gasteiger partial charge in [0, 0.05) is 5.02 Å². The summed E-state index contributed by atoms with van der Waals surface area (Å²) < 4.78 is 11.5. The van der Waals surface area contributed by atoms with Crippen molar-refractivity contribution in [2.75, 3.05) is 0 Å². The van der Waals surface area contributed by atoms with E-state index in [1.807, 2.05) is 78.9 Å². The molecule has 3 heteroatoms. The van der Waals surface area contributed by atoms with Gasteiger partial charge in [-0.15, -0.1) is 0 Å². The van der Waals surface area contributed by atoms with Gasteiger partial charge in [-0.2, -0.15) is 0 Å². The molecule has 0 atom stereocenters. The second-order valence-electron chi connectivity index (χ2n) is 5.16. The average molecular weight is 325 g/mol. The number of hydrogen-bond acceptors (Lipinski definition) is 2. The Balaban J connectivity index is 1.52. The van der Waals surface area contributed by atoms with Crippen LogP contribution < -0.4 is 9.47 Å². The minimum atomic E-state index is 0.491. The van der Waals surface area contributed by atoms with Crippen molar-refractivity contribution in [1.29, 1.82) is 0 Å². The molecule has 0 aliphatic rings. The summed E-state index contributed by atoms with van der Waals surface area (Å²) in [5, 5.41) is 0.718. The highest BCUT2D eigenvalue weighted by molar-refractivity contribution is 6.30. The van der Waals surface area contributed by atoms with Crippen LogP contribution in [0.15, 0.2) is 78.9 Å². The van der Waals surface area contributed by atoms with Crippen molar-refractivity contribution < 1.29 is 9.47 Å². The maximum atomic E-state index is 5.96. The molecule has 0 radical (unpaired) electrons. The summed E-state index contributed by atoms with van der Waals surface area (Å²) in [4.78, 5) is 0. The zero-order valence-corrected chi connectivity index (χ0v) is 13.4. The first-order valence-corrected chi connectivity index (χ1v) is 7.81. The smallest absolute Gasteiger partial charge is 0.120 e. The molecule has 3 rings (SSSR count). The maximum absolute atomic E-state index is 5.96. The van der Waals surface area contributed by atoms with Gasteiger partial charge in [0.2, 0.25) is 0 Å². The zero-order chi connectivity index (χ0) is 15.9. The number of ether oxygens (including phenoxy) is 2. The predicted octanol–water partition coefficient (Wildman–Crippen LogP) is 5.50. The first-order valence-electron chi connectivity index (χ1n) is 7.44. The number of rotatable bonds is 6. The maximum Gasteiger partial charge on any atom is 0.120 e. The predicted molar refractivity (Wildman–Crippen MR) is 93.0 cm³/mol. The molecule has 0 aliphatic carbocycles. The largest absolute Gasteiger partial charge is 0.489 e. The van der Waals surface area contributed by atoms with Crippen molar-refractivity contribution in [1.82, 2.24) is 0 Å². The van der Waals surface area contributed by atoms with Gasteiger partial charge in [-0.25, -0.2) is 0 Å². The SMILES string of the molecule is Clc1cccc(COc2ccc(OCc3ccccc3)cc2)c1. The van der Waals surface area contributed by atoms with E-state index in [-0.39, 0.29) is 0 Å². The summed E-state index contributed by atoms with van der Waals surface area (Å²) in [6.07, 6.45) is 0. The van der Waals surface area contributed by atoms with Crippen LogP contribution in [0.1, 0.15) is 11.1 Å². The molecule has 3 aromatic carbocycles. The molecule has 0 saturated carbocycles. The molecular formula is C20H17ClO2. The van der Waals surface area contributed by atoms with E-state index in [0.29, 0.717) is 13.2 Å². The number of halogens is 1. The van der Waals surface area contributed by atoms with Gasteiger partial charge in [-0.3, -0.25) is 0 Å². The summed E-state index contributed by atoms with van der Waals surface area (Å²) in [5.74, 6) is 1.63. The molecule has 0 saturated heterocycles. The van der Waals surface area contributed by atoms with Gasteiger partial charge in [0.05, 0.1) is 0 Å². The van der Waals surface area contributed by atoms with Crippen LogP contribution >= 0.6 is 11.6 Å². The Morgan fingerprint density at radius 3 is 1.78 bits per heavy atom. The van der Waals surface area contributed by atoms with Gasteiger partial charge in [0.25, 0.3) is 0 Å². The van der Waals surface area contributed by atoms with E-state index >= 15 is 0 Å². The molecule has 0 unspecified atom stereocenters. The third-order valence-corrected chi connectivity index (χ3v) is 3.60. The molecule has 0 aliphatic heterocycles. The van der Waals surface area contributed by atoms with Crippen LogP contribution in [0.3, 0.4) is 0 Å². The monoisotopic (exact) mass is 324 g/mol. The van der Waals surface area contributed by atoms with Gasteiger partial charge in [0.1, 0.15) is 24.7 Å². The minimum absolute atomic E-state index is 0.491. The lowest BCUT2D eigenvalue weighted by Gasteiger charge is -2.09. The Labute approximate surface area is 141 Å². The van der Waals surface area contributed by atoms with Crippen molar-refractivity contribution in [2.45, 2.75) is 13.2 Å². The second-order valence-corrected chi connectivity index (χ2v) is 5.60. The van der Waals surface area contributed by atoms with E-state index < -0.39 is 0 Å². The van der Waals surface area contributed by atoms with Crippen molar-refractivity contribution >= 4 is 11.6 Å². The quantitative estimate of drug-likeness (QED) is 0.596.